The molecule has 0 spiro atoms. The van der Waals surface area contributed by atoms with Crippen LogP contribution in [0.15, 0.2) is 41.0 Å². The number of aliphatic hydroxyl groups is 1. The van der Waals surface area contributed by atoms with Gasteiger partial charge in [0.2, 0.25) is 0 Å². The van der Waals surface area contributed by atoms with Crippen LogP contribution in [0.4, 0.5) is 0 Å². The normalized spacial score (nSPS) is 12.0. The molecule has 0 aliphatic heterocycles. The summed E-state index contributed by atoms with van der Waals surface area (Å²) in [6.45, 7) is 3.17. The number of carbonyl (C=O) groups excluding carboxylic acids is 1. The van der Waals surface area contributed by atoms with E-state index < -0.39 is 6.10 Å². The van der Waals surface area contributed by atoms with Crippen LogP contribution in [0.3, 0.4) is 0 Å². The Labute approximate surface area is 165 Å². The summed E-state index contributed by atoms with van der Waals surface area (Å²) >= 11 is 0. The third kappa shape index (κ3) is 6.58. The molecule has 154 valence electrons. The van der Waals surface area contributed by atoms with Crippen LogP contribution < -0.4 is 9.47 Å². The molecule has 0 saturated heterocycles. The molecule has 0 saturated carbocycles. The van der Waals surface area contributed by atoms with E-state index in [1.807, 2.05) is 42.2 Å². The predicted molar refractivity (Wildman–Crippen MR) is 104 cm³/mol. The van der Waals surface area contributed by atoms with Crippen molar-refractivity contribution in [1.82, 2.24) is 4.90 Å². The summed E-state index contributed by atoms with van der Waals surface area (Å²) in [5, 5.41) is 10.4. The largest absolute Gasteiger partial charge is 0.493 e. The number of nitrogens with zero attached hydrogens (tertiary/aromatic N) is 1. The van der Waals surface area contributed by atoms with Gasteiger partial charge >= 0.3 is 5.97 Å². The average molecular weight is 391 g/mol. The standard InChI is InChI=1S/C21H29NO6/c1-4-7-20(24)28-15-17(23)13-22(14-18-9-6-11-27-18)12-16-8-5-10-19(25-2)21(16)26-3/h5-6,8-11,17,23H,4,7,12-15H2,1-3H3. The van der Waals surface area contributed by atoms with Crippen molar-refractivity contribution < 1.29 is 28.5 Å². The number of methoxy groups -OCH3 is 2. The zero-order chi connectivity index (χ0) is 20.4. The lowest BCUT2D eigenvalue weighted by atomic mass is 10.1. The summed E-state index contributed by atoms with van der Waals surface area (Å²) in [5.74, 6) is 1.77. The fraction of sp³-hybridized carbons (Fsp3) is 0.476. The Kier molecular flexibility index (Phi) is 8.84. The third-order valence-electron chi connectivity index (χ3n) is 4.20. The van der Waals surface area contributed by atoms with Gasteiger partial charge in [0.25, 0.3) is 0 Å². The van der Waals surface area contributed by atoms with Crippen LogP contribution in [0.1, 0.15) is 31.1 Å². The van der Waals surface area contributed by atoms with Crippen molar-refractivity contribution in [3.63, 3.8) is 0 Å². The molecular formula is C21H29NO6. The van der Waals surface area contributed by atoms with Crippen molar-refractivity contribution in [3.05, 3.63) is 47.9 Å². The maximum absolute atomic E-state index is 11.5. The first kappa shape index (κ1) is 21.8. The highest BCUT2D eigenvalue weighted by molar-refractivity contribution is 5.69. The molecular weight excluding hydrogens is 362 g/mol. The molecule has 28 heavy (non-hydrogen) atoms. The Morgan fingerprint density at radius 2 is 2.00 bits per heavy atom. The second-order valence-electron chi connectivity index (χ2n) is 6.49. The van der Waals surface area contributed by atoms with Gasteiger partial charge in [0.05, 0.1) is 27.0 Å². The predicted octanol–water partition coefficient (Wildman–Crippen LogP) is 3.00. The molecule has 1 aromatic carbocycles. The second kappa shape index (κ2) is 11.4. The number of furan rings is 1. The number of aliphatic hydroxyl groups excluding tert-OH is 1. The number of esters is 1. The second-order valence-corrected chi connectivity index (χ2v) is 6.49. The zero-order valence-corrected chi connectivity index (χ0v) is 16.7. The van der Waals surface area contributed by atoms with Crippen LogP contribution in [-0.4, -0.2) is 49.5 Å². The Morgan fingerprint density at radius 1 is 1.18 bits per heavy atom. The van der Waals surface area contributed by atoms with Gasteiger partial charge in [-0.05, 0) is 24.6 Å². The van der Waals surface area contributed by atoms with Crippen LogP contribution in [0.2, 0.25) is 0 Å². The highest BCUT2D eigenvalue weighted by Crippen LogP contribution is 2.31. The monoisotopic (exact) mass is 391 g/mol. The summed E-state index contributed by atoms with van der Waals surface area (Å²) < 4.78 is 21.5. The fourth-order valence-corrected chi connectivity index (χ4v) is 2.94. The van der Waals surface area contributed by atoms with Gasteiger partial charge in [-0.15, -0.1) is 0 Å². The first-order valence-electron chi connectivity index (χ1n) is 9.35. The number of hydrogen-bond acceptors (Lipinski definition) is 7. The van der Waals surface area contributed by atoms with Gasteiger partial charge in [-0.2, -0.15) is 0 Å². The molecule has 2 aromatic rings. The summed E-state index contributed by atoms with van der Waals surface area (Å²) in [6.07, 6.45) is 1.87. The van der Waals surface area contributed by atoms with E-state index in [0.717, 1.165) is 17.7 Å². The highest BCUT2D eigenvalue weighted by atomic mass is 16.5. The van der Waals surface area contributed by atoms with Crippen molar-refractivity contribution >= 4 is 5.97 Å². The van der Waals surface area contributed by atoms with Crippen LogP contribution in [0.25, 0.3) is 0 Å². The average Bonchev–Trinajstić information content (AvgIpc) is 3.19. The van der Waals surface area contributed by atoms with E-state index in [1.165, 1.54) is 0 Å². The smallest absolute Gasteiger partial charge is 0.305 e. The zero-order valence-electron chi connectivity index (χ0n) is 16.7. The van der Waals surface area contributed by atoms with Gasteiger partial charge in [-0.25, -0.2) is 0 Å². The van der Waals surface area contributed by atoms with E-state index >= 15 is 0 Å². The summed E-state index contributed by atoms with van der Waals surface area (Å²) in [6, 6.07) is 9.38. The molecule has 1 N–H and O–H groups in total. The van der Waals surface area contributed by atoms with Gasteiger partial charge in [0.1, 0.15) is 18.5 Å². The molecule has 0 bridgehead atoms. The Morgan fingerprint density at radius 3 is 2.64 bits per heavy atom. The van der Waals surface area contributed by atoms with Crippen LogP contribution in [-0.2, 0) is 22.6 Å². The minimum Gasteiger partial charge on any atom is -0.493 e. The van der Waals surface area contributed by atoms with Crippen molar-refractivity contribution in [2.45, 2.75) is 39.0 Å². The van der Waals surface area contributed by atoms with E-state index in [2.05, 4.69) is 0 Å². The molecule has 1 unspecified atom stereocenters. The van der Waals surface area contributed by atoms with E-state index in [-0.39, 0.29) is 12.6 Å². The van der Waals surface area contributed by atoms with Crippen molar-refractivity contribution in [3.8, 4) is 11.5 Å². The van der Waals surface area contributed by atoms with Gasteiger partial charge in [-0.1, -0.05) is 19.1 Å². The lowest BCUT2D eigenvalue weighted by Crippen LogP contribution is -2.34. The SMILES string of the molecule is CCCC(=O)OCC(O)CN(Cc1ccco1)Cc1cccc(OC)c1OC. The first-order valence-corrected chi connectivity index (χ1v) is 9.35. The number of carbonyl (C=O) groups is 1. The summed E-state index contributed by atoms with van der Waals surface area (Å²) in [7, 11) is 3.19. The quantitative estimate of drug-likeness (QED) is 0.557. The Balaban J connectivity index is 2.08. The Hall–Kier alpha value is -2.51. The maximum atomic E-state index is 11.5. The molecule has 1 atom stereocenters. The van der Waals surface area contributed by atoms with Gasteiger partial charge in [0, 0.05) is 25.1 Å². The van der Waals surface area contributed by atoms with Gasteiger partial charge in [-0.3, -0.25) is 9.69 Å². The van der Waals surface area contributed by atoms with Gasteiger partial charge in [0.15, 0.2) is 11.5 Å². The van der Waals surface area contributed by atoms with Crippen LogP contribution in [0, 0.1) is 0 Å². The minimum absolute atomic E-state index is 0.0390. The van der Waals surface area contributed by atoms with E-state index in [4.69, 9.17) is 18.6 Å². The molecule has 1 aromatic heterocycles. The molecule has 0 aliphatic carbocycles. The van der Waals surface area contributed by atoms with Crippen LogP contribution >= 0.6 is 0 Å². The molecule has 0 radical (unpaired) electrons. The number of benzene rings is 1. The third-order valence-corrected chi connectivity index (χ3v) is 4.20. The molecule has 1 heterocycles. The first-order chi connectivity index (χ1) is 13.6. The lowest BCUT2D eigenvalue weighted by Gasteiger charge is -2.25. The van der Waals surface area contributed by atoms with E-state index in [0.29, 0.717) is 37.6 Å². The molecule has 0 aliphatic rings. The van der Waals surface area contributed by atoms with Crippen molar-refractivity contribution in [1.29, 1.82) is 0 Å². The number of ether oxygens (including phenoxy) is 3. The van der Waals surface area contributed by atoms with Gasteiger partial charge < -0.3 is 23.7 Å². The molecule has 0 amide bonds. The molecule has 7 heteroatoms. The van der Waals surface area contributed by atoms with E-state index in [9.17, 15) is 9.90 Å². The topological polar surface area (TPSA) is 81.4 Å². The maximum Gasteiger partial charge on any atom is 0.305 e. The number of para-hydroxylation sites is 1. The molecule has 0 fully saturated rings. The molecule has 2 rings (SSSR count). The number of hydrogen-bond donors (Lipinski definition) is 1. The minimum atomic E-state index is -0.813. The van der Waals surface area contributed by atoms with Crippen LogP contribution in [0.5, 0.6) is 11.5 Å². The molecule has 7 nitrogen and oxygen atoms in total. The number of rotatable bonds is 12. The van der Waals surface area contributed by atoms with Crippen molar-refractivity contribution in [2.24, 2.45) is 0 Å². The lowest BCUT2D eigenvalue weighted by molar-refractivity contribution is -0.147. The Bertz CT molecular complexity index is 716. The fourth-order valence-electron chi connectivity index (χ4n) is 2.94. The van der Waals surface area contributed by atoms with E-state index in [1.54, 1.807) is 20.5 Å². The summed E-state index contributed by atoms with van der Waals surface area (Å²) in [4.78, 5) is 13.6. The van der Waals surface area contributed by atoms with Crippen molar-refractivity contribution in [2.75, 3.05) is 27.4 Å². The summed E-state index contributed by atoms with van der Waals surface area (Å²) in [5.41, 5.74) is 0.920. The highest BCUT2D eigenvalue weighted by Gasteiger charge is 2.19.